The molecule has 1 fully saturated rings. The third-order valence-corrected chi connectivity index (χ3v) is 7.85. The topological polar surface area (TPSA) is 81.5 Å². The number of hydrogen-bond donors (Lipinski definition) is 1. The van der Waals surface area contributed by atoms with E-state index < -0.39 is 11.0 Å². The number of nitrogens with zero attached hydrogens (tertiary/aromatic N) is 1. The molecule has 0 radical (unpaired) electrons. The molecule has 0 bridgehead atoms. The molecular formula is C30H33ClN2O4. The first-order chi connectivity index (χ1) is 17.6. The summed E-state index contributed by atoms with van der Waals surface area (Å²) >= 11 is 6.10. The predicted octanol–water partition coefficient (Wildman–Crippen LogP) is 7.73. The first kappa shape index (κ1) is 26.7. The van der Waals surface area contributed by atoms with Crippen molar-refractivity contribution < 1.29 is 14.5 Å². The molecule has 1 aliphatic carbocycles. The third-order valence-electron chi connectivity index (χ3n) is 7.59. The number of hydrogen-bond acceptors (Lipinski definition) is 5. The highest BCUT2D eigenvalue weighted by atomic mass is 35.5. The Morgan fingerprint density at radius 2 is 1.68 bits per heavy atom. The van der Waals surface area contributed by atoms with Gasteiger partial charge in [0.25, 0.3) is 5.69 Å². The van der Waals surface area contributed by atoms with Crippen molar-refractivity contribution in [2.75, 3.05) is 5.32 Å². The lowest BCUT2D eigenvalue weighted by Crippen LogP contribution is -2.44. The highest BCUT2D eigenvalue weighted by molar-refractivity contribution is 6.30. The van der Waals surface area contributed by atoms with Gasteiger partial charge in [-0.2, -0.15) is 0 Å². The van der Waals surface area contributed by atoms with Gasteiger partial charge in [-0.15, -0.1) is 0 Å². The van der Waals surface area contributed by atoms with Crippen molar-refractivity contribution in [2.45, 2.75) is 57.6 Å². The number of carbonyl (C=O) groups excluding carboxylic acids is 1. The highest BCUT2D eigenvalue weighted by Crippen LogP contribution is 2.44. The van der Waals surface area contributed by atoms with Gasteiger partial charge in [-0.3, -0.25) is 10.1 Å². The van der Waals surface area contributed by atoms with Crippen molar-refractivity contribution in [2.24, 2.45) is 11.8 Å². The average molecular weight is 521 g/mol. The number of ether oxygens (including phenoxy) is 1. The van der Waals surface area contributed by atoms with Gasteiger partial charge in [0.15, 0.2) is 6.04 Å². The summed E-state index contributed by atoms with van der Waals surface area (Å²) in [6, 6.07) is 22.7. The Hall–Kier alpha value is -3.38. The predicted molar refractivity (Wildman–Crippen MR) is 147 cm³/mol. The Kier molecular flexibility index (Phi) is 8.18. The fourth-order valence-corrected chi connectivity index (χ4v) is 5.49. The van der Waals surface area contributed by atoms with E-state index in [1.165, 1.54) is 17.7 Å². The van der Waals surface area contributed by atoms with E-state index in [9.17, 15) is 14.9 Å². The van der Waals surface area contributed by atoms with Gasteiger partial charge in [0.2, 0.25) is 0 Å². The van der Waals surface area contributed by atoms with Crippen LogP contribution in [0, 0.1) is 22.0 Å². The summed E-state index contributed by atoms with van der Waals surface area (Å²) in [5, 5.41) is 14.8. The second-order valence-electron chi connectivity index (χ2n) is 10.5. The average Bonchev–Trinajstić information content (AvgIpc) is 2.88. The van der Waals surface area contributed by atoms with Crippen LogP contribution in [-0.2, 0) is 14.9 Å². The van der Waals surface area contributed by atoms with Crippen LogP contribution in [0.5, 0.6) is 0 Å². The summed E-state index contributed by atoms with van der Waals surface area (Å²) in [6.45, 7) is 6.67. The number of halogens is 1. The maximum atomic E-state index is 13.8. The monoisotopic (exact) mass is 520 g/mol. The van der Waals surface area contributed by atoms with Crippen molar-refractivity contribution in [1.82, 2.24) is 0 Å². The van der Waals surface area contributed by atoms with Gasteiger partial charge >= 0.3 is 5.97 Å². The summed E-state index contributed by atoms with van der Waals surface area (Å²) in [5.41, 5.74) is 2.33. The van der Waals surface area contributed by atoms with E-state index in [1.54, 1.807) is 36.4 Å². The summed E-state index contributed by atoms with van der Waals surface area (Å²) in [7, 11) is 0. The molecule has 1 saturated carbocycles. The molecule has 0 unspecified atom stereocenters. The van der Waals surface area contributed by atoms with Gasteiger partial charge in [-0.05, 0) is 59.6 Å². The quantitative estimate of drug-likeness (QED) is 0.187. The van der Waals surface area contributed by atoms with E-state index in [0.717, 1.165) is 19.3 Å². The largest absolute Gasteiger partial charge is 0.460 e. The Balaban J connectivity index is 1.61. The summed E-state index contributed by atoms with van der Waals surface area (Å²) in [5.74, 6) is 0.242. The number of nitro benzene ring substituents is 1. The van der Waals surface area contributed by atoms with Crippen LogP contribution in [0.25, 0.3) is 0 Å². The zero-order chi connectivity index (χ0) is 26.6. The summed E-state index contributed by atoms with van der Waals surface area (Å²) in [6.07, 6.45) is 2.64. The minimum Gasteiger partial charge on any atom is -0.460 e. The molecule has 37 heavy (non-hydrogen) atoms. The molecule has 0 aromatic heterocycles. The van der Waals surface area contributed by atoms with E-state index in [-0.39, 0.29) is 29.1 Å². The highest BCUT2D eigenvalue weighted by Gasteiger charge is 2.42. The van der Waals surface area contributed by atoms with Crippen LogP contribution in [-0.4, -0.2) is 17.0 Å². The summed E-state index contributed by atoms with van der Waals surface area (Å²) < 4.78 is 6.32. The summed E-state index contributed by atoms with van der Waals surface area (Å²) in [4.78, 5) is 24.4. The van der Waals surface area contributed by atoms with Gasteiger partial charge in [-0.25, -0.2) is 4.79 Å². The number of esters is 1. The smallest absolute Gasteiger partial charge is 0.333 e. The van der Waals surface area contributed by atoms with Crippen molar-refractivity contribution in [3.05, 3.63) is 105 Å². The second-order valence-corrected chi connectivity index (χ2v) is 11.0. The molecule has 3 aromatic rings. The Morgan fingerprint density at radius 1 is 1.03 bits per heavy atom. The number of nitrogens with one attached hydrogen (secondary N) is 1. The molecule has 4 rings (SSSR count). The third kappa shape index (κ3) is 6.31. The van der Waals surface area contributed by atoms with Crippen LogP contribution >= 0.6 is 11.6 Å². The van der Waals surface area contributed by atoms with Crippen LogP contribution in [0.15, 0.2) is 78.9 Å². The lowest BCUT2D eigenvalue weighted by molar-refractivity contribution is -0.384. The molecule has 0 spiro atoms. The first-order valence-electron chi connectivity index (χ1n) is 12.7. The normalized spacial score (nSPS) is 20.6. The molecule has 0 saturated heterocycles. The fraction of sp³-hybridized carbons (Fsp3) is 0.367. The molecular weight excluding hydrogens is 488 g/mol. The van der Waals surface area contributed by atoms with Gasteiger partial charge in [0.05, 0.1) is 4.92 Å². The Morgan fingerprint density at radius 3 is 2.30 bits per heavy atom. The first-order valence-corrected chi connectivity index (χ1v) is 13.1. The second kappa shape index (κ2) is 11.3. The van der Waals surface area contributed by atoms with E-state index >= 15 is 0 Å². The fourth-order valence-electron chi connectivity index (χ4n) is 5.36. The maximum Gasteiger partial charge on any atom is 0.333 e. The number of benzene rings is 3. The van der Waals surface area contributed by atoms with E-state index in [0.29, 0.717) is 22.2 Å². The number of non-ortho nitro benzene ring substituents is 1. The molecule has 3 aromatic carbocycles. The van der Waals surface area contributed by atoms with Crippen LogP contribution in [0.3, 0.4) is 0 Å². The van der Waals surface area contributed by atoms with E-state index in [4.69, 9.17) is 16.3 Å². The lowest BCUT2D eigenvalue weighted by Gasteiger charge is -2.44. The molecule has 6 nitrogen and oxygen atoms in total. The van der Waals surface area contributed by atoms with Gasteiger partial charge in [0, 0.05) is 28.8 Å². The van der Waals surface area contributed by atoms with Crippen molar-refractivity contribution in [3.8, 4) is 0 Å². The number of rotatable bonds is 8. The zero-order valence-corrected chi connectivity index (χ0v) is 22.2. The molecule has 1 N–H and O–H groups in total. The van der Waals surface area contributed by atoms with Gasteiger partial charge in [0.1, 0.15) is 6.10 Å². The lowest BCUT2D eigenvalue weighted by atomic mass is 9.64. The SMILES string of the molecule is C[C@@H]1CC[C@@H](C(C)(C)c2ccccc2)[C@H](OC(=O)[C@H](Nc2ccc([N+](=O)[O-])cc2)c2ccc(Cl)cc2)C1. The van der Waals surface area contributed by atoms with Crippen LogP contribution in [0.1, 0.15) is 57.2 Å². The number of carbonyl (C=O) groups is 1. The Bertz CT molecular complexity index is 1210. The van der Waals surface area contributed by atoms with Crippen LogP contribution in [0.2, 0.25) is 5.02 Å². The zero-order valence-electron chi connectivity index (χ0n) is 21.4. The molecule has 0 aliphatic heterocycles. The molecule has 194 valence electrons. The molecule has 4 atom stereocenters. The molecule has 1 aliphatic rings. The molecule has 0 amide bonds. The van der Waals surface area contributed by atoms with Crippen molar-refractivity contribution >= 4 is 28.9 Å². The van der Waals surface area contributed by atoms with Crippen LogP contribution < -0.4 is 5.32 Å². The molecule has 7 heteroatoms. The van der Waals surface area contributed by atoms with Crippen molar-refractivity contribution in [1.29, 1.82) is 0 Å². The number of nitro groups is 1. The number of anilines is 1. The minimum absolute atomic E-state index is 0.0154. The van der Waals surface area contributed by atoms with Crippen molar-refractivity contribution in [3.63, 3.8) is 0 Å². The Labute approximate surface area is 223 Å². The van der Waals surface area contributed by atoms with Gasteiger partial charge < -0.3 is 10.1 Å². The van der Waals surface area contributed by atoms with Crippen LogP contribution in [0.4, 0.5) is 11.4 Å². The van der Waals surface area contributed by atoms with Gasteiger partial charge in [-0.1, -0.05) is 81.3 Å². The van der Waals surface area contributed by atoms with E-state index in [1.807, 2.05) is 18.2 Å². The maximum absolute atomic E-state index is 13.8. The minimum atomic E-state index is -0.795. The standard InChI is InChI=1S/C30H33ClN2O4/c1-20-9-18-26(30(2,3)22-7-5-4-6-8-22)27(19-20)37-29(34)28(21-10-12-23(31)13-11-21)32-24-14-16-25(17-15-24)33(35)36/h4-8,10-17,20,26-28,32H,9,18-19H2,1-3H3/t20-,26-,27-,28-/m1/s1. The van der Waals surface area contributed by atoms with E-state index in [2.05, 4.69) is 38.2 Å². The molecule has 0 heterocycles.